The van der Waals surface area contributed by atoms with Crippen LogP contribution in [0.25, 0.3) is 0 Å². The summed E-state index contributed by atoms with van der Waals surface area (Å²) in [6, 6.07) is 0. The van der Waals surface area contributed by atoms with Gasteiger partial charge >= 0.3 is 0 Å². The van der Waals surface area contributed by atoms with Gasteiger partial charge in [-0.25, -0.2) is 0 Å². The van der Waals surface area contributed by atoms with E-state index in [9.17, 15) is 4.79 Å². The van der Waals surface area contributed by atoms with E-state index in [-0.39, 0.29) is 11.8 Å². The Morgan fingerprint density at radius 2 is 2.20 bits per heavy atom. The molecule has 2 N–H and O–H groups in total. The van der Waals surface area contributed by atoms with Gasteiger partial charge in [-0.1, -0.05) is 6.92 Å². The molecule has 1 rings (SSSR count). The average Bonchev–Trinajstić information content (AvgIpc) is 2.10. The number of hydrogen-bond acceptors (Lipinski definition) is 2. The van der Waals surface area contributed by atoms with Gasteiger partial charge in [-0.2, -0.15) is 0 Å². The van der Waals surface area contributed by atoms with Crippen LogP contribution in [0.5, 0.6) is 0 Å². The van der Waals surface area contributed by atoms with Crippen molar-refractivity contribution in [2.75, 3.05) is 20.1 Å². The van der Waals surface area contributed by atoms with E-state index < -0.39 is 0 Å². The molecule has 0 aliphatic carbocycles. The summed E-state index contributed by atoms with van der Waals surface area (Å²) in [7, 11) is 2.01. The Balaban J connectivity index is 2.54. The lowest BCUT2D eigenvalue weighted by atomic mass is 9.98. The largest absolute Gasteiger partial charge is 0.369 e. The zero-order valence-corrected chi connectivity index (χ0v) is 6.50. The molecule has 2 atom stereocenters. The molecular formula is C7H14N2O. The number of rotatable bonds is 1. The summed E-state index contributed by atoms with van der Waals surface area (Å²) in [4.78, 5) is 12.9. The molecule has 2 unspecified atom stereocenters. The van der Waals surface area contributed by atoms with Gasteiger partial charge in [-0.3, -0.25) is 4.79 Å². The van der Waals surface area contributed by atoms with Crippen LogP contribution in [-0.4, -0.2) is 30.9 Å². The standard InChI is InChI=1S/C7H14N2O/c1-5-3-9(2)4-6(5)7(8)10/h5-6H,3-4H2,1-2H3,(H2,8,10). The summed E-state index contributed by atoms with van der Waals surface area (Å²) in [5, 5.41) is 0. The highest BCUT2D eigenvalue weighted by Gasteiger charge is 2.30. The first-order chi connectivity index (χ1) is 4.61. The SMILES string of the molecule is CC1CN(C)CC1C(N)=O. The fraction of sp³-hybridized carbons (Fsp3) is 0.857. The highest BCUT2D eigenvalue weighted by Crippen LogP contribution is 2.20. The second kappa shape index (κ2) is 2.58. The molecule has 1 heterocycles. The van der Waals surface area contributed by atoms with Crippen molar-refractivity contribution >= 4 is 5.91 Å². The number of carbonyl (C=O) groups excluding carboxylic acids is 1. The zero-order valence-electron chi connectivity index (χ0n) is 6.50. The van der Waals surface area contributed by atoms with Gasteiger partial charge in [-0.15, -0.1) is 0 Å². The third-order valence-corrected chi connectivity index (χ3v) is 2.16. The van der Waals surface area contributed by atoms with Gasteiger partial charge in [0.1, 0.15) is 0 Å². The third kappa shape index (κ3) is 1.29. The highest BCUT2D eigenvalue weighted by atomic mass is 16.1. The van der Waals surface area contributed by atoms with Gasteiger partial charge < -0.3 is 10.6 Å². The van der Waals surface area contributed by atoms with Gasteiger partial charge in [0.15, 0.2) is 0 Å². The number of carbonyl (C=O) groups is 1. The number of nitrogens with two attached hydrogens (primary N) is 1. The molecule has 0 aromatic heterocycles. The lowest BCUT2D eigenvalue weighted by Crippen LogP contribution is -2.28. The van der Waals surface area contributed by atoms with Crippen LogP contribution < -0.4 is 5.73 Å². The summed E-state index contributed by atoms with van der Waals surface area (Å²) in [6.07, 6.45) is 0. The van der Waals surface area contributed by atoms with Crippen molar-refractivity contribution in [2.24, 2.45) is 17.6 Å². The summed E-state index contributed by atoms with van der Waals surface area (Å²) < 4.78 is 0. The Hall–Kier alpha value is -0.570. The predicted octanol–water partition coefficient (Wildman–Crippen LogP) is -0.331. The summed E-state index contributed by atoms with van der Waals surface area (Å²) in [5.74, 6) is 0.351. The monoisotopic (exact) mass is 142 g/mol. The molecule has 1 amide bonds. The molecule has 3 heteroatoms. The summed E-state index contributed by atoms with van der Waals surface area (Å²) in [5.41, 5.74) is 5.18. The maximum Gasteiger partial charge on any atom is 0.222 e. The predicted molar refractivity (Wildman–Crippen MR) is 39.3 cm³/mol. The van der Waals surface area contributed by atoms with Gasteiger partial charge in [0.05, 0.1) is 5.92 Å². The Labute approximate surface area is 61.2 Å². The highest BCUT2D eigenvalue weighted by molar-refractivity contribution is 5.77. The lowest BCUT2D eigenvalue weighted by molar-refractivity contribution is -0.122. The number of hydrogen-bond donors (Lipinski definition) is 1. The van der Waals surface area contributed by atoms with Gasteiger partial charge in [0.2, 0.25) is 5.91 Å². The molecule has 0 aromatic carbocycles. The summed E-state index contributed by atoms with van der Waals surface area (Å²) in [6.45, 7) is 3.89. The normalized spacial score (nSPS) is 34.6. The first-order valence-corrected chi connectivity index (χ1v) is 3.59. The molecule has 3 nitrogen and oxygen atoms in total. The van der Waals surface area contributed by atoms with Crippen LogP contribution in [0.2, 0.25) is 0 Å². The van der Waals surface area contributed by atoms with Gasteiger partial charge in [0.25, 0.3) is 0 Å². The maximum atomic E-state index is 10.8. The van der Waals surface area contributed by atoms with Gasteiger partial charge in [0, 0.05) is 13.1 Å². The lowest BCUT2D eigenvalue weighted by Gasteiger charge is -2.07. The van der Waals surface area contributed by atoms with Crippen molar-refractivity contribution in [3.05, 3.63) is 0 Å². The van der Waals surface area contributed by atoms with E-state index in [1.165, 1.54) is 0 Å². The number of nitrogens with zero attached hydrogens (tertiary/aromatic N) is 1. The van der Waals surface area contributed by atoms with Crippen LogP contribution in [0.3, 0.4) is 0 Å². The first-order valence-electron chi connectivity index (χ1n) is 3.59. The Kier molecular flexibility index (Phi) is 1.94. The molecule has 1 saturated heterocycles. The molecule has 0 saturated carbocycles. The van der Waals surface area contributed by atoms with E-state index >= 15 is 0 Å². The fourth-order valence-electron chi connectivity index (χ4n) is 1.58. The quantitative estimate of drug-likeness (QED) is 0.545. The maximum absolute atomic E-state index is 10.8. The van der Waals surface area contributed by atoms with Crippen LogP contribution >= 0.6 is 0 Å². The second-order valence-corrected chi connectivity index (χ2v) is 3.21. The van der Waals surface area contributed by atoms with Crippen LogP contribution in [0, 0.1) is 11.8 Å². The van der Waals surface area contributed by atoms with Crippen molar-refractivity contribution < 1.29 is 4.79 Å². The van der Waals surface area contributed by atoms with E-state index in [0.29, 0.717) is 5.92 Å². The Bertz CT molecular complexity index is 147. The van der Waals surface area contributed by atoms with E-state index in [4.69, 9.17) is 5.73 Å². The molecule has 0 aromatic rings. The molecule has 0 radical (unpaired) electrons. The molecule has 1 aliphatic rings. The third-order valence-electron chi connectivity index (χ3n) is 2.16. The minimum Gasteiger partial charge on any atom is -0.369 e. The van der Waals surface area contributed by atoms with E-state index in [1.54, 1.807) is 0 Å². The van der Waals surface area contributed by atoms with E-state index in [2.05, 4.69) is 11.8 Å². The van der Waals surface area contributed by atoms with Crippen LogP contribution in [0.4, 0.5) is 0 Å². The molecule has 0 spiro atoms. The Morgan fingerprint density at radius 3 is 2.40 bits per heavy atom. The molecule has 1 aliphatic heterocycles. The molecule has 58 valence electrons. The van der Waals surface area contributed by atoms with E-state index in [1.807, 2.05) is 7.05 Å². The number of likely N-dealkylation sites (tertiary alicyclic amines) is 1. The van der Waals surface area contributed by atoms with Crippen molar-refractivity contribution in [2.45, 2.75) is 6.92 Å². The zero-order chi connectivity index (χ0) is 7.72. The minimum atomic E-state index is -0.156. The Morgan fingerprint density at radius 1 is 1.60 bits per heavy atom. The summed E-state index contributed by atoms with van der Waals surface area (Å²) >= 11 is 0. The average molecular weight is 142 g/mol. The minimum absolute atomic E-state index is 0.0741. The molecule has 0 bridgehead atoms. The smallest absolute Gasteiger partial charge is 0.222 e. The van der Waals surface area contributed by atoms with Crippen molar-refractivity contribution in [1.29, 1.82) is 0 Å². The van der Waals surface area contributed by atoms with Gasteiger partial charge in [-0.05, 0) is 13.0 Å². The van der Waals surface area contributed by atoms with Crippen LogP contribution in [0.1, 0.15) is 6.92 Å². The van der Waals surface area contributed by atoms with Crippen LogP contribution in [-0.2, 0) is 4.79 Å². The topological polar surface area (TPSA) is 46.3 Å². The van der Waals surface area contributed by atoms with Crippen molar-refractivity contribution in [3.8, 4) is 0 Å². The van der Waals surface area contributed by atoms with Crippen LogP contribution in [0.15, 0.2) is 0 Å². The van der Waals surface area contributed by atoms with E-state index in [0.717, 1.165) is 13.1 Å². The molecular weight excluding hydrogens is 128 g/mol. The molecule has 1 fully saturated rings. The second-order valence-electron chi connectivity index (χ2n) is 3.21. The fourth-order valence-corrected chi connectivity index (χ4v) is 1.58. The number of amides is 1. The number of primary amides is 1. The van der Waals surface area contributed by atoms with Crippen molar-refractivity contribution in [3.63, 3.8) is 0 Å². The van der Waals surface area contributed by atoms with Crippen molar-refractivity contribution in [1.82, 2.24) is 4.90 Å². The molecule has 10 heavy (non-hydrogen) atoms. The first kappa shape index (κ1) is 7.54.